The maximum absolute atomic E-state index is 12.7. The molecule has 1 amide bonds. The zero-order chi connectivity index (χ0) is 21.9. The van der Waals surface area contributed by atoms with E-state index in [1.807, 2.05) is 19.1 Å². The summed E-state index contributed by atoms with van der Waals surface area (Å²) in [6.45, 7) is 2.27. The van der Waals surface area contributed by atoms with Crippen LogP contribution in [0.25, 0.3) is 0 Å². The summed E-state index contributed by atoms with van der Waals surface area (Å²) in [5, 5.41) is 0.764. The summed E-state index contributed by atoms with van der Waals surface area (Å²) >= 11 is 12.1. The van der Waals surface area contributed by atoms with Crippen LogP contribution >= 0.6 is 23.2 Å². The number of sulfonamides is 1. The van der Waals surface area contributed by atoms with Crippen LogP contribution in [0.5, 0.6) is 0 Å². The number of carbonyl (C=O) groups excluding carboxylic acids is 1. The molecule has 0 fully saturated rings. The first-order valence-corrected chi connectivity index (χ1v) is 11.3. The maximum Gasteiger partial charge on any atom is 0.261 e. The quantitative estimate of drug-likeness (QED) is 0.534. The van der Waals surface area contributed by atoms with Gasteiger partial charge in [0.05, 0.1) is 15.6 Å². The Bertz CT molecular complexity index is 1160. The number of amides is 1. The van der Waals surface area contributed by atoms with Crippen molar-refractivity contribution in [3.8, 4) is 0 Å². The highest BCUT2D eigenvalue weighted by atomic mass is 35.5. The van der Waals surface area contributed by atoms with Crippen molar-refractivity contribution in [3.63, 3.8) is 0 Å². The van der Waals surface area contributed by atoms with Gasteiger partial charge in [0.2, 0.25) is 0 Å². The van der Waals surface area contributed by atoms with Gasteiger partial charge in [-0.15, -0.1) is 0 Å². The van der Waals surface area contributed by atoms with Gasteiger partial charge in [0.1, 0.15) is 0 Å². The molecule has 0 unspecified atom stereocenters. The lowest BCUT2D eigenvalue weighted by molar-refractivity contribution is 0.0785. The van der Waals surface area contributed by atoms with Gasteiger partial charge in [0, 0.05) is 24.2 Å². The van der Waals surface area contributed by atoms with Crippen LogP contribution in [0.15, 0.2) is 71.6 Å². The fourth-order valence-electron chi connectivity index (χ4n) is 2.81. The first-order chi connectivity index (χ1) is 14.2. The number of rotatable bonds is 6. The van der Waals surface area contributed by atoms with Crippen LogP contribution in [-0.2, 0) is 16.6 Å². The monoisotopic (exact) mass is 462 g/mol. The summed E-state index contributed by atoms with van der Waals surface area (Å²) in [6.07, 6.45) is 0. The van der Waals surface area contributed by atoms with E-state index in [2.05, 4.69) is 4.72 Å². The number of nitrogens with zero attached hydrogens (tertiary/aromatic N) is 1. The van der Waals surface area contributed by atoms with Crippen LogP contribution < -0.4 is 4.72 Å². The van der Waals surface area contributed by atoms with Crippen molar-refractivity contribution in [1.29, 1.82) is 0 Å². The fraction of sp³-hybridized carbons (Fsp3) is 0.136. The van der Waals surface area contributed by atoms with Crippen molar-refractivity contribution < 1.29 is 13.2 Å². The summed E-state index contributed by atoms with van der Waals surface area (Å²) < 4.78 is 27.6. The third kappa shape index (κ3) is 5.33. The van der Waals surface area contributed by atoms with Gasteiger partial charge in [-0.1, -0.05) is 53.0 Å². The molecule has 3 aromatic rings. The Labute approximate surface area is 186 Å². The smallest absolute Gasteiger partial charge is 0.261 e. The Morgan fingerprint density at radius 2 is 1.60 bits per heavy atom. The van der Waals surface area contributed by atoms with E-state index in [-0.39, 0.29) is 21.5 Å². The van der Waals surface area contributed by atoms with E-state index < -0.39 is 10.0 Å². The number of carbonyl (C=O) groups is 1. The van der Waals surface area contributed by atoms with Crippen LogP contribution in [-0.4, -0.2) is 26.3 Å². The van der Waals surface area contributed by atoms with Crippen molar-refractivity contribution in [2.24, 2.45) is 0 Å². The van der Waals surface area contributed by atoms with Gasteiger partial charge in [0.25, 0.3) is 15.9 Å². The Kier molecular flexibility index (Phi) is 6.71. The largest absolute Gasteiger partial charge is 0.337 e. The predicted molar refractivity (Wildman–Crippen MR) is 121 cm³/mol. The Balaban J connectivity index is 1.74. The predicted octanol–water partition coefficient (Wildman–Crippen LogP) is 5.37. The molecule has 0 aromatic heterocycles. The number of benzene rings is 3. The van der Waals surface area contributed by atoms with E-state index in [1.54, 1.807) is 42.3 Å². The van der Waals surface area contributed by atoms with Gasteiger partial charge >= 0.3 is 0 Å². The molecular formula is C22H20Cl2N2O3S. The summed E-state index contributed by atoms with van der Waals surface area (Å²) in [7, 11) is -2.11. The lowest BCUT2D eigenvalue weighted by atomic mass is 10.1. The molecule has 0 saturated heterocycles. The minimum Gasteiger partial charge on any atom is -0.337 e. The van der Waals surface area contributed by atoms with Crippen LogP contribution in [0.3, 0.4) is 0 Å². The lowest BCUT2D eigenvalue weighted by Gasteiger charge is -2.18. The Morgan fingerprint density at radius 3 is 2.20 bits per heavy atom. The zero-order valence-corrected chi connectivity index (χ0v) is 18.7. The van der Waals surface area contributed by atoms with E-state index in [4.69, 9.17) is 23.2 Å². The molecule has 0 saturated carbocycles. The minimum absolute atomic E-state index is 0.131. The molecule has 0 spiro atoms. The van der Waals surface area contributed by atoms with Gasteiger partial charge in [-0.25, -0.2) is 8.42 Å². The fourth-order valence-corrected chi connectivity index (χ4v) is 4.30. The molecule has 0 atom stereocenters. The van der Waals surface area contributed by atoms with Crippen LogP contribution in [0.2, 0.25) is 10.0 Å². The summed E-state index contributed by atoms with van der Waals surface area (Å²) in [5.74, 6) is -0.236. The summed E-state index contributed by atoms with van der Waals surface area (Å²) in [5.41, 5.74) is 2.45. The Hall–Kier alpha value is -2.54. The summed E-state index contributed by atoms with van der Waals surface area (Å²) in [6, 6.07) is 18.2. The molecule has 0 radical (unpaired) electrons. The molecule has 156 valence electrons. The highest BCUT2D eigenvalue weighted by molar-refractivity contribution is 7.92. The van der Waals surface area contributed by atoms with Crippen molar-refractivity contribution in [2.45, 2.75) is 18.4 Å². The topological polar surface area (TPSA) is 66.5 Å². The molecule has 3 aromatic carbocycles. The van der Waals surface area contributed by atoms with Gasteiger partial charge in [0.15, 0.2) is 0 Å². The number of aryl methyl sites for hydroxylation is 1. The second-order valence-electron chi connectivity index (χ2n) is 6.90. The molecule has 8 heteroatoms. The van der Waals surface area contributed by atoms with Crippen LogP contribution in [0.4, 0.5) is 5.69 Å². The first kappa shape index (κ1) is 22.2. The number of hydrogen-bond donors (Lipinski definition) is 1. The van der Waals surface area contributed by atoms with Crippen molar-refractivity contribution in [1.82, 2.24) is 4.90 Å². The minimum atomic E-state index is -3.79. The lowest BCUT2D eigenvalue weighted by Crippen LogP contribution is -2.26. The SMILES string of the molecule is Cc1ccc(S(=O)(=O)Nc2ccc(C(=O)N(C)Cc3ccc(Cl)cc3)cc2Cl)cc1. The standard InChI is InChI=1S/C22H20Cl2N2O3S/c1-15-3-10-19(11-4-15)30(28,29)25-21-12-7-17(13-20(21)24)22(27)26(2)14-16-5-8-18(23)9-6-16/h3-13,25H,14H2,1-2H3. The van der Waals surface area contributed by atoms with E-state index in [9.17, 15) is 13.2 Å². The van der Waals surface area contributed by atoms with Crippen molar-refractivity contribution in [2.75, 3.05) is 11.8 Å². The van der Waals surface area contributed by atoms with E-state index in [1.165, 1.54) is 24.3 Å². The molecule has 0 bridgehead atoms. The van der Waals surface area contributed by atoms with E-state index in [0.29, 0.717) is 17.1 Å². The maximum atomic E-state index is 12.7. The molecule has 1 N–H and O–H groups in total. The molecule has 0 aliphatic heterocycles. The van der Waals surface area contributed by atoms with Gasteiger partial charge in [-0.3, -0.25) is 9.52 Å². The molecule has 0 heterocycles. The molecule has 30 heavy (non-hydrogen) atoms. The molecule has 0 aliphatic rings. The molecule has 3 rings (SSSR count). The molecular weight excluding hydrogens is 443 g/mol. The third-order valence-electron chi connectivity index (χ3n) is 4.47. The number of nitrogens with one attached hydrogen (secondary N) is 1. The van der Waals surface area contributed by atoms with Gasteiger partial charge < -0.3 is 4.90 Å². The zero-order valence-electron chi connectivity index (χ0n) is 16.4. The van der Waals surface area contributed by atoms with Crippen LogP contribution in [0, 0.1) is 6.92 Å². The van der Waals surface area contributed by atoms with Gasteiger partial charge in [-0.2, -0.15) is 0 Å². The molecule has 0 aliphatic carbocycles. The van der Waals surface area contributed by atoms with E-state index >= 15 is 0 Å². The van der Waals surface area contributed by atoms with Gasteiger partial charge in [-0.05, 0) is 55.0 Å². The summed E-state index contributed by atoms with van der Waals surface area (Å²) in [4.78, 5) is 14.4. The van der Waals surface area contributed by atoms with Crippen LogP contribution in [0.1, 0.15) is 21.5 Å². The first-order valence-electron chi connectivity index (χ1n) is 9.05. The van der Waals surface area contributed by atoms with Crippen molar-refractivity contribution >= 4 is 44.8 Å². The normalized spacial score (nSPS) is 11.2. The average Bonchev–Trinajstić information content (AvgIpc) is 2.71. The third-order valence-corrected chi connectivity index (χ3v) is 6.42. The number of hydrogen-bond acceptors (Lipinski definition) is 3. The second kappa shape index (κ2) is 9.08. The molecule has 5 nitrogen and oxygen atoms in total. The van der Waals surface area contributed by atoms with Crippen molar-refractivity contribution in [3.05, 3.63) is 93.5 Å². The second-order valence-corrected chi connectivity index (χ2v) is 9.43. The number of halogens is 2. The van der Waals surface area contributed by atoms with E-state index in [0.717, 1.165) is 11.1 Å². The number of anilines is 1. The highest BCUT2D eigenvalue weighted by Crippen LogP contribution is 2.26. The average molecular weight is 463 g/mol. The highest BCUT2D eigenvalue weighted by Gasteiger charge is 2.18. The Morgan fingerprint density at radius 1 is 0.967 bits per heavy atom.